The first-order valence-electron chi connectivity index (χ1n) is 6.37. The number of halogens is 1. The molecule has 0 amide bonds. The lowest BCUT2D eigenvalue weighted by Gasteiger charge is -2.36. The van der Waals surface area contributed by atoms with Crippen LogP contribution in [0.5, 0.6) is 0 Å². The van der Waals surface area contributed by atoms with Gasteiger partial charge in [0.25, 0.3) is 0 Å². The SMILES string of the molecule is CC1CCN(C(C(N)=S)c2ccc(Cl)cc2)CC1. The third-order valence-electron chi connectivity index (χ3n) is 3.64. The largest absolute Gasteiger partial charge is 0.392 e. The minimum Gasteiger partial charge on any atom is -0.392 e. The van der Waals surface area contributed by atoms with E-state index < -0.39 is 0 Å². The molecule has 2 nitrogen and oxygen atoms in total. The second-order valence-corrected chi connectivity index (χ2v) is 5.98. The van der Waals surface area contributed by atoms with Crippen molar-refractivity contribution in [3.05, 3.63) is 34.9 Å². The van der Waals surface area contributed by atoms with Gasteiger partial charge in [-0.25, -0.2) is 0 Å². The van der Waals surface area contributed by atoms with Crippen LogP contribution in [0.1, 0.15) is 31.4 Å². The van der Waals surface area contributed by atoms with Crippen LogP contribution in [0.4, 0.5) is 0 Å². The Morgan fingerprint density at radius 2 is 1.89 bits per heavy atom. The lowest BCUT2D eigenvalue weighted by atomic mass is 9.96. The molecule has 0 bridgehead atoms. The monoisotopic (exact) mass is 282 g/mol. The summed E-state index contributed by atoms with van der Waals surface area (Å²) in [6, 6.07) is 7.88. The molecule has 2 N–H and O–H groups in total. The van der Waals surface area contributed by atoms with Gasteiger partial charge in [-0.2, -0.15) is 0 Å². The molecule has 0 aromatic heterocycles. The second kappa shape index (κ2) is 6.00. The number of rotatable bonds is 3. The van der Waals surface area contributed by atoms with E-state index in [0.29, 0.717) is 4.99 Å². The molecule has 0 radical (unpaired) electrons. The maximum atomic E-state index is 5.93. The number of hydrogen-bond donors (Lipinski definition) is 1. The highest BCUT2D eigenvalue weighted by Gasteiger charge is 2.26. The van der Waals surface area contributed by atoms with Crippen molar-refractivity contribution in [2.75, 3.05) is 13.1 Å². The summed E-state index contributed by atoms with van der Waals surface area (Å²) in [7, 11) is 0. The number of hydrogen-bond acceptors (Lipinski definition) is 2. The molecule has 1 aromatic carbocycles. The van der Waals surface area contributed by atoms with E-state index in [-0.39, 0.29) is 6.04 Å². The molecule has 1 aliphatic heterocycles. The van der Waals surface area contributed by atoms with E-state index in [4.69, 9.17) is 29.6 Å². The number of benzene rings is 1. The average molecular weight is 283 g/mol. The van der Waals surface area contributed by atoms with Crippen LogP contribution in [0.15, 0.2) is 24.3 Å². The quantitative estimate of drug-likeness (QED) is 0.862. The molecule has 1 heterocycles. The lowest BCUT2D eigenvalue weighted by molar-refractivity contribution is 0.171. The maximum Gasteiger partial charge on any atom is 0.0948 e. The van der Waals surface area contributed by atoms with Crippen LogP contribution in [0.25, 0.3) is 0 Å². The fourth-order valence-corrected chi connectivity index (χ4v) is 2.90. The van der Waals surface area contributed by atoms with Crippen molar-refractivity contribution >= 4 is 28.8 Å². The molecule has 0 saturated carbocycles. The van der Waals surface area contributed by atoms with E-state index in [1.165, 1.54) is 12.8 Å². The van der Waals surface area contributed by atoms with Crippen LogP contribution in [-0.2, 0) is 0 Å². The highest BCUT2D eigenvalue weighted by atomic mass is 35.5. The first kappa shape index (κ1) is 13.8. The summed E-state index contributed by atoms with van der Waals surface area (Å²) in [5, 5.41) is 0.743. The molecule has 1 unspecified atom stereocenters. The number of likely N-dealkylation sites (tertiary alicyclic amines) is 1. The molecular formula is C14H19ClN2S. The molecule has 1 aliphatic rings. The van der Waals surface area contributed by atoms with Gasteiger partial charge in [0.1, 0.15) is 0 Å². The van der Waals surface area contributed by atoms with Gasteiger partial charge >= 0.3 is 0 Å². The fourth-order valence-electron chi connectivity index (χ4n) is 2.49. The van der Waals surface area contributed by atoms with Gasteiger partial charge in [-0.1, -0.05) is 42.9 Å². The summed E-state index contributed by atoms with van der Waals surface area (Å²) in [4.78, 5) is 2.93. The third-order valence-corrected chi connectivity index (χ3v) is 4.11. The van der Waals surface area contributed by atoms with Crippen molar-refractivity contribution in [2.24, 2.45) is 11.7 Å². The Morgan fingerprint density at radius 3 is 2.39 bits per heavy atom. The lowest BCUT2D eigenvalue weighted by Crippen LogP contribution is -2.41. The molecule has 1 atom stereocenters. The number of thiocarbonyl (C=S) groups is 1. The van der Waals surface area contributed by atoms with Crippen LogP contribution in [-0.4, -0.2) is 23.0 Å². The number of nitrogens with two attached hydrogens (primary N) is 1. The van der Waals surface area contributed by atoms with Crippen LogP contribution >= 0.6 is 23.8 Å². The van der Waals surface area contributed by atoms with Crippen LogP contribution in [0, 0.1) is 5.92 Å². The Hall–Kier alpha value is -0.640. The fraction of sp³-hybridized carbons (Fsp3) is 0.500. The molecule has 4 heteroatoms. The smallest absolute Gasteiger partial charge is 0.0948 e. The second-order valence-electron chi connectivity index (χ2n) is 5.07. The summed E-state index contributed by atoms with van der Waals surface area (Å²) in [5.41, 5.74) is 7.07. The van der Waals surface area contributed by atoms with E-state index >= 15 is 0 Å². The van der Waals surface area contributed by atoms with Crippen LogP contribution < -0.4 is 5.73 Å². The zero-order valence-corrected chi connectivity index (χ0v) is 12.2. The Balaban J connectivity index is 2.18. The highest BCUT2D eigenvalue weighted by Crippen LogP contribution is 2.27. The maximum absolute atomic E-state index is 5.93. The first-order valence-corrected chi connectivity index (χ1v) is 7.15. The van der Waals surface area contributed by atoms with Gasteiger partial charge in [0, 0.05) is 5.02 Å². The van der Waals surface area contributed by atoms with Gasteiger partial charge in [0.05, 0.1) is 11.0 Å². The molecule has 18 heavy (non-hydrogen) atoms. The van der Waals surface area contributed by atoms with Gasteiger partial charge in [0.15, 0.2) is 0 Å². The zero-order valence-electron chi connectivity index (χ0n) is 10.6. The molecule has 1 saturated heterocycles. The van der Waals surface area contributed by atoms with E-state index in [1.54, 1.807) is 0 Å². The minimum absolute atomic E-state index is 0.0461. The molecule has 1 fully saturated rings. The highest BCUT2D eigenvalue weighted by molar-refractivity contribution is 7.80. The summed E-state index contributed by atoms with van der Waals surface area (Å²) in [6.45, 7) is 4.42. The summed E-state index contributed by atoms with van der Waals surface area (Å²) >= 11 is 11.2. The summed E-state index contributed by atoms with van der Waals surface area (Å²) in [6.07, 6.45) is 2.43. The summed E-state index contributed by atoms with van der Waals surface area (Å²) < 4.78 is 0. The van der Waals surface area contributed by atoms with Crippen molar-refractivity contribution in [2.45, 2.75) is 25.8 Å². The predicted molar refractivity (Wildman–Crippen MR) is 80.9 cm³/mol. The standard InChI is InChI=1S/C14H19ClN2S/c1-10-6-8-17(9-7-10)13(14(16)18)11-2-4-12(15)5-3-11/h2-5,10,13H,6-9H2,1H3,(H2,16,18). The van der Waals surface area contributed by atoms with Gasteiger partial charge < -0.3 is 5.73 Å². The van der Waals surface area contributed by atoms with E-state index in [1.807, 2.05) is 24.3 Å². The molecule has 0 aliphatic carbocycles. The van der Waals surface area contributed by atoms with Crippen LogP contribution in [0.3, 0.4) is 0 Å². The topological polar surface area (TPSA) is 29.3 Å². The van der Waals surface area contributed by atoms with E-state index in [2.05, 4.69) is 11.8 Å². The van der Waals surface area contributed by atoms with Crippen molar-refractivity contribution in [1.29, 1.82) is 0 Å². The Bertz CT molecular complexity index is 410. The Labute approximate surface area is 119 Å². The van der Waals surface area contributed by atoms with Crippen molar-refractivity contribution < 1.29 is 0 Å². The van der Waals surface area contributed by atoms with Crippen LogP contribution in [0.2, 0.25) is 5.02 Å². The molecule has 2 rings (SSSR count). The first-order chi connectivity index (χ1) is 8.58. The average Bonchev–Trinajstić information content (AvgIpc) is 2.34. The molecule has 0 spiro atoms. The molecule has 98 valence electrons. The minimum atomic E-state index is 0.0461. The van der Waals surface area contributed by atoms with E-state index in [9.17, 15) is 0 Å². The van der Waals surface area contributed by atoms with E-state index in [0.717, 1.165) is 29.6 Å². The third kappa shape index (κ3) is 3.22. The van der Waals surface area contributed by atoms with Crippen molar-refractivity contribution in [1.82, 2.24) is 4.90 Å². The van der Waals surface area contributed by atoms with Gasteiger partial charge in [-0.3, -0.25) is 4.90 Å². The summed E-state index contributed by atoms with van der Waals surface area (Å²) in [5.74, 6) is 0.804. The van der Waals surface area contributed by atoms with Gasteiger partial charge in [-0.05, 0) is 49.5 Å². The Morgan fingerprint density at radius 1 is 1.33 bits per heavy atom. The predicted octanol–water partition coefficient (Wildman–Crippen LogP) is 3.40. The molecular weight excluding hydrogens is 264 g/mol. The van der Waals surface area contributed by atoms with Crippen molar-refractivity contribution in [3.63, 3.8) is 0 Å². The van der Waals surface area contributed by atoms with Gasteiger partial charge in [-0.15, -0.1) is 0 Å². The Kier molecular flexibility index (Phi) is 4.60. The zero-order chi connectivity index (χ0) is 13.1. The van der Waals surface area contributed by atoms with Gasteiger partial charge in [0.2, 0.25) is 0 Å². The number of nitrogens with zero attached hydrogens (tertiary/aromatic N) is 1. The normalized spacial score (nSPS) is 19.7. The molecule has 1 aromatic rings. The van der Waals surface area contributed by atoms with Crippen molar-refractivity contribution in [3.8, 4) is 0 Å². The number of piperidine rings is 1.